The van der Waals surface area contributed by atoms with Crippen LogP contribution in [-0.4, -0.2) is 41.3 Å². The average molecular weight is 444 g/mol. The first-order valence-corrected chi connectivity index (χ1v) is 10.2. The van der Waals surface area contributed by atoms with Gasteiger partial charge in [-0.15, -0.1) is 10.2 Å². The van der Waals surface area contributed by atoms with Crippen LogP contribution in [0.1, 0.15) is 41.5 Å². The summed E-state index contributed by atoms with van der Waals surface area (Å²) in [5.41, 5.74) is -1.60. The minimum absolute atomic E-state index is 0.0138. The Balaban J connectivity index is 1.75. The van der Waals surface area contributed by atoms with E-state index in [4.69, 9.17) is 0 Å². The van der Waals surface area contributed by atoms with Gasteiger partial charge in [0, 0.05) is 23.7 Å². The molecule has 1 atom stereocenters. The first-order valence-electron chi connectivity index (χ1n) is 10.2. The number of piperidine rings is 1. The monoisotopic (exact) mass is 444 g/mol. The Bertz CT molecular complexity index is 970. The van der Waals surface area contributed by atoms with Crippen molar-refractivity contribution in [1.82, 2.24) is 15.1 Å². The molecule has 1 aliphatic heterocycles. The molecule has 0 bridgehead atoms. The third-order valence-corrected chi connectivity index (χ3v) is 5.91. The molecule has 0 amide bonds. The number of benzene rings is 1. The summed E-state index contributed by atoms with van der Waals surface area (Å²) in [7, 11) is 2.02. The maximum absolute atomic E-state index is 13.6. The highest BCUT2D eigenvalue weighted by Gasteiger charge is 2.39. The third-order valence-electron chi connectivity index (χ3n) is 5.91. The van der Waals surface area contributed by atoms with Gasteiger partial charge in [0.05, 0.1) is 16.8 Å². The van der Waals surface area contributed by atoms with Crippen molar-refractivity contribution in [2.45, 2.75) is 50.5 Å². The molecule has 1 N–H and O–H groups in total. The second-order valence-corrected chi connectivity index (χ2v) is 8.21. The largest absolute Gasteiger partial charge is 0.417 e. The summed E-state index contributed by atoms with van der Waals surface area (Å²) >= 11 is 0. The van der Waals surface area contributed by atoms with E-state index in [9.17, 15) is 26.3 Å². The van der Waals surface area contributed by atoms with Crippen LogP contribution in [0.3, 0.4) is 0 Å². The molecule has 1 aromatic carbocycles. The fourth-order valence-electron chi connectivity index (χ4n) is 4.46. The zero-order valence-corrected chi connectivity index (χ0v) is 16.9. The lowest BCUT2D eigenvalue weighted by molar-refractivity contribution is -0.142. The van der Waals surface area contributed by atoms with E-state index in [1.807, 2.05) is 7.05 Å². The van der Waals surface area contributed by atoms with Crippen molar-refractivity contribution in [3.63, 3.8) is 0 Å². The predicted octanol–water partition coefficient (Wildman–Crippen LogP) is 5.18. The molecule has 10 heteroatoms. The number of nitrogens with zero attached hydrogens (tertiary/aromatic N) is 3. The molecular weight excluding hydrogens is 422 g/mol. The first kappa shape index (κ1) is 21.9. The van der Waals surface area contributed by atoms with Crippen LogP contribution < -0.4 is 5.32 Å². The van der Waals surface area contributed by atoms with Crippen LogP contribution in [0.5, 0.6) is 0 Å². The Morgan fingerprint density at radius 3 is 2.39 bits per heavy atom. The Labute approximate surface area is 175 Å². The molecule has 0 saturated carbocycles. The number of hydrogen-bond acceptors (Lipinski definition) is 4. The molecule has 1 saturated heterocycles. The van der Waals surface area contributed by atoms with Gasteiger partial charge in [0.1, 0.15) is 0 Å². The maximum atomic E-state index is 13.6. The number of alkyl halides is 6. The summed E-state index contributed by atoms with van der Waals surface area (Å²) in [6.45, 7) is 1.84. The molecule has 1 aliphatic carbocycles. The molecule has 2 heterocycles. The van der Waals surface area contributed by atoms with Crippen LogP contribution in [0.2, 0.25) is 0 Å². The molecule has 2 aromatic rings. The summed E-state index contributed by atoms with van der Waals surface area (Å²) in [4.78, 5) is 2.20. The van der Waals surface area contributed by atoms with E-state index in [0.29, 0.717) is 30.3 Å². The van der Waals surface area contributed by atoms with Crippen molar-refractivity contribution < 1.29 is 26.3 Å². The minimum atomic E-state index is -4.95. The van der Waals surface area contributed by atoms with Crippen LogP contribution >= 0.6 is 0 Å². The van der Waals surface area contributed by atoms with Gasteiger partial charge in [0.2, 0.25) is 0 Å². The van der Waals surface area contributed by atoms with E-state index in [0.717, 1.165) is 44.0 Å². The van der Waals surface area contributed by atoms with Crippen LogP contribution in [0.15, 0.2) is 18.2 Å². The number of rotatable bonds is 3. The Morgan fingerprint density at radius 2 is 1.71 bits per heavy atom. The fraction of sp³-hybridized carbons (Fsp3) is 0.524. The fourth-order valence-corrected chi connectivity index (χ4v) is 4.46. The normalized spacial score (nSPS) is 20.0. The SMILES string of the molecule is CN1CCC[C@@H](Nc2nnc(-c3ccc(C(F)(F)F)cc3C(F)(F)F)c3c2CCC3)C1. The highest BCUT2D eigenvalue weighted by molar-refractivity contribution is 5.72. The molecule has 2 aliphatic rings. The molecule has 4 rings (SSSR count). The van der Waals surface area contributed by atoms with E-state index < -0.39 is 23.5 Å². The molecule has 4 nitrogen and oxygen atoms in total. The van der Waals surface area contributed by atoms with Crippen molar-refractivity contribution >= 4 is 5.82 Å². The van der Waals surface area contributed by atoms with E-state index in [-0.39, 0.29) is 23.4 Å². The second-order valence-electron chi connectivity index (χ2n) is 8.21. The smallest absolute Gasteiger partial charge is 0.364 e. The number of hydrogen-bond donors (Lipinski definition) is 1. The third kappa shape index (κ3) is 4.49. The predicted molar refractivity (Wildman–Crippen MR) is 104 cm³/mol. The molecule has 1 fully saturated rings. The highest BCUT2D eigenvalue weighted by atomic mass is 19.4. The zero-order chi connectivity index (χ0) is 22.4. The van der Waals surface area contributed by atoms with Crippen LogP contribution in [0, 0.1) is 0 Å². The van der Waals surface area contributed by atoms with Gasteiger partial charge >= 0.3 is 12.4 Å². The number of anilines is 1. The summed E-state index contributed by atoms with van der Waals surface area (Å²) in [6, 6.07) is 1.85. The summed E-state index contributed by atoms with van der Waals surface area (Å²) in [5.74, 6) is 0.567. The van der Waals surface area contributed by atoms with Crippen LogP contribution in [0.4, 0.5) is 32.2 Å². The minimum Gasteiger partial charge on any atom is -0.364 e. The molecule has 1 aromatic heterocycles. The molecule has 168 valence electrons. The van der Waals surface area contributed by atoms with Gasteiger partial charge in [-0.25, -0.2) is 0 Å². The molecular formula is C21H22F6N4. The maximum Gasteiger partial charge on any atom is 0.417 e. The number of likely N-dealkylation sites (tertiary alicyclic amines) is 1. The lowest BCUT2D eigenvalue weighted by Gasteiger charge is -2.31. The molecule has 0 spiro atoms. The highest BCUT2D eigenvalue weighted by Crippen LogP contribution is 2.43. The summed E-state index contributed by atoms with van der Waals surface area (Å²) < 4.78 is 80.0. The Hall–Kier alpha value is -2.36. The van der Waals surface area contributed by atoms with Gasteiger partial charge in [0.25, 0.3) is 0 Å². The quantitative estimate of drug-likeness (QED) is 0.663. The standard InChI is InChI=1S/C21H22F6N4/c1-31-9-3-4-13(11-31)28-19-15-6-2-5-14(15)18(29-30-19)16-8-7-12(20(22,23)24)10-17(16)21(25,26)27/h7-8,10,13H,2-6,9,11H2,1H3,(H,28,30)/t13-/m1/s1. The van der Waals surface area contributed by atoms with Crippen molar-refractivity contribution in [2.24, 2.45) is 0 Å². The number of aromatic nitrogens is 2. The van der Waals surface area contributed by atoms with Gasteiger partial charge in [-0.2, -0.15) is 26.3 Å². The summed E-state index contributed by atoms with van der Waals surface area (Å²) in [5, 5.41) is 11.6. The van der Waals surface area contributed by atoms with Gasteiger partial charge < -0.3 is 10.2 Å². The van der Waals surface area contributed by atoms with Crippen molar-refractivity contribution in [3.05, 3.63) is 40.5 Å². The van der Waals surface area contributed by atoms with Gasteiger partial charge in [0.15, 0.2) is 5.82 Å². The van der Waals surface area contributed by atoms with E-state index in [1.165, 1.54) is 0 Å². The van der Waals surface area contributed by atoms with E-state index in [2.05, 4.69) is 20.4 Å². The molecule has 0 unspecified atom stereocenters. The van der Waals surface area contributed by atoms with Crippen LogP contribution in [0.25, 0.3) is 11.3 Å². The lowest BCUT2D eigenvalue weighted by atomic mass is 9.96. The number of fused-ring (bicyclic) bond motifs is 1. The second kappa shape index (κ2) is 7.96. The molecule has 0 radical (unpaired) electrons. The van der Waals surface area contributed by atoms with Crippen molar-refractivity contribution in [2.75, 3.05) is 25.5 Å². The van der Waals surface area contributed by atoms with Crippen molar-refractivity contribution in [3.8, 4) is 11.3 Å². The number of likely N-dealkylation sites (N-methyl/N-ethyl adjacent to an activating group) is 1. The Kier molecular flexibility index (Phi) is 5.61. The van der Waals surface area contributed by atoms with Gasteiger partial charge in [-0.1, -0.05) is 6.07 Å². The van der Waals surface area contributed by atoms with Crippen LogP contribution in [-0.2, 0) is 25.2 Å². The number of nitrogens with one attached hydrogen (secondary N) is 1. The van der Waals surface area contributed by atoms with E-state index >= 15 is 0 Å². The van der Waals surface area contributed by atoms with Gasteiger partial charge in [-0.05, 0) is 63.4 Å². The summed E-state index contributed by atoms with van der Waals surface area (Å²) in [6.07, 6.45) is -5.94. The zero-order valence-electron chi connectivity index (χ0n) is 16.9. The van der Waals surface area contributed by atoms with E-state index in [1.54, 1.807) is 0 Å². The van der Waals surface area contributed by atoms with Crippen molar-refractivity contribution in [1.29, 1.82) is 0 Å². The average Bonchev–Trinajstić information content (AvgIpc) is 3.17. The van der Waals surface area contributed by atoms with Gasteiger partial charge in [-0.3, -0.25) is 0 Å². The Morgan fingerprint density at radius 1 is 0.968 bits per heavy atom. The first-order chi connectivity index (χ1) is 14.5. The topological polar surface area (TPSA) is 41.0 Å². The lowest BCUT2D eigenvalue weighted by Crippen LogP contribution is -2.40. The number of halogens is 6. The molecule has 31 heavy (non-hydrogen) atoms.